The van der Waals surface area contributed by atoms with Crippen LogP contribution in [0.3, 0.4) is 0 Å². The van der Waals surface area contributed by atoms with Gasteiger partial charge in [0.2, 0.25) is 5.91 Å². The van der Waals surface area contributed by atoms with Gasteiger partial charge in [0, 0.05) is 29.3 Å². The molecular formula is C17H18N2OS. The number of nitrogens with two attached hydrogens (primary N) is 1. The summed E-state index contributed by atoms with van der Waals surface area (Å²) in [6.07, 6.45) is 1.29. The van der Waals surface area contributed by atoms with Crippen molar-refractivity contribution in [1.29, 1.82) is 0 Å². The molecule has 0 bridgehead atoms. The van der Waals surface area contributed by atoms with E-state index in [1.165, 1.54) is 4.90 Å². The summed E-state index contributed by atoms with van der Waals surface area (Å²) >= 11 is 1.82. The highest BCUT2D eigenvalue weighted by Gasteiger charge is 2.22. The highest BCUT2D eigenvalue weighted by Crippen LogP contribution is 2.34. The fourth-order valence-electron chi connectivity index (χ4n) is 2.50. The van der Waals surface area contributed by atoms with E-state index in [1.54, 1.807) is 0 Å². The zero-order valence-electron chi connectivity index (χ0n) is 11.8. The lowest BCUT2D eigenvalue weighted by atomic mass is 10.1. The smallest absolute Gasteiger partial charge is 0.227 e. The number of carbonyl (C=O) groups is 1. The number of anilines is 2. The lowest BCUT2D eigenvalue weighted by molar-refractivity contribution is -0.118. The Morgan fingerprint density at radius 3 is 2.71 bits per heavy atom. The average molecular weight is 298 g/mol. The fraction of sp³-hybridized carbons (Fsp3) is 0.235. The fourth-order valence-corrected chi connectivity index (χ4v) is 3.49. The summed E-state index contributed by atoms with van der Waals surface area (Å²) in [5, 5.41) is 0. The Morgan fingerprint density at radius 2 is 1.90 bits per heavy atom. The van der Waals surface area contributed by atoms with Gasteiger partial charge in [-0.15, -0.1) is 11.8 Å². The van der Waals surface area contributed by atoms with E-state index >= 15 is 0 Å². The summed E-state index contributed by atoms with van der Waals surface area (Å²) in [4.78, 5) is 15.6. The van der Waals surface area contributed by atoms with Crippen LogP contribution in [0.15, 0.2) is 53.4 Å². The predicted molar refractivity (Wildman–Crippen MR) is 88.7 cm³/mol. The van der Waals surface area contributed by atoms with Crippen LogP contribution in [0.1, 0.15) is 12.0 Å². The first-order valence-corrected chi connectivity index (χ1v) is 8.09. The Bertz CT molecular complexity index is 639. The zero-order chi connectivity index (χ0) is 14.7. The number of benzene rings is 2. The Balaban J connectivity index is 1.68. The van der Waals surface area contributed by atoms with E-state index in [4.69, 9.17) is 5.73 Å². The highest BCUT2D eigenvalue weighted by atomic mass is 32.2. The van der Waals surface area contributed by atoms with Gasteiger partial charge < -0.3 is 10.6 Å². The van der Waals surface area contributed by atoms with Gasteiger partial charge in [-0.25, -0.2) is 0 Å². The Kier molecular flexibility index (Phi) is 4.15. The number of rotatable bonds is 3. The molecular weight excluding hydrogens is 280 g/mol. The molecule has 21 heavy (non-hydrogen) atoms. The molecule has 3 nitrogen and oxygen atoms in total. The second-order valence-corrected chi connectivity index (χ2v) is 6.24. The van der Waals surface area contributed by atoms with Gasteiger partial charge in [-0.3, -0.25) is 4.79 Å². The van der Waals surface area contributed by atoms with Gasteiger partial charge in [-0.05, 0) is 36.2 Å². The third-order valence-electron chi connectivity index (χ3n) is 3.64. The number of nitrogens with zero attached hydrogens (tertiary/aromatic N) is 1. The highest BCUT2D eigenvalue weighted by molar-refractivity contribution is 7.99. The van der Waals surface area contributed by atoms with Crippen LogP contribution in [-0.4, -0.2) is 18.2 Å². The zero-order valence-corrected chi connectivity index (χ0v) is 12.6. The van der Waals surface area contributed by atoms with Gasteiger partial charge in [-0.1, -0.05) is 24.3 Å². The quantitative estimate of drug-likeness (QED) is 0.884. The normalized spacial score (nSPS) is 13.8. The van der Waals surface area contributed by atoms with Crippen LogP contribution in [0, 0.1) is 0 Å². The van der Waals surface area contributed by atoms with Gasteiger partial charge in [0.05, 0.1) is 5.69 Å². The number of thioether (sulfide) groups is 1. The van der Waals surface area contributed by atoms with Crippen molar-refractivity contribution in [2.24, 2.45) is 0 Å². The summed E-state index contributed by atoms with van der Waals surface area (Å²) in [5.41, 5.74) is 8.63. The van der Waals surface area contributed by atoms with E-state index in [1.807, 2.05) is 59.1 Å². The molecule has 1 heterocycles. The molecule has 1 aliphatic heterocycles. The molecule has 0 fully saturated rings. The number of amides is 1. The number of nitrogen functional groups attached to an aromatic ring is 1. The third-order valence-corrected chi connectivity index (χ3v) is 4.68. The maximum absolute atomic E-state index is 12.5. The molecule has 0 radical (unpaired) electrons. The molecule has 1 amide bonds. The van der Waals surface area contributed by atoms with Crippen LogP contribution < -0.4 is 10.6 Å². The van der Waals surface area contributed by atoms with Crippen molar-refractivity contribution < 1.29 is 4.79 Å². The van der Waals surface area contributed by atoms with E-state index in [9.17, 15) is 4.79 Å². The lowest BCUT2D eigenvalue weighted by Crippen LogP contribution is -2.35. The van der Waals surface area contributed by atoms with Gasteiger partial charge in [-0.2, -0.15) is 0 Å². The van der Waals surface area contributed by atoms with Crippen molar-refractivity contribution in [3.63, 3.8) is 0 Å². The Hall–Kier alpha value is -1.94. The van der Waals surface area contributed by atoms with Crippen molar-refractivity contribution in [1.82, 2.24) is 0 Å². The molecule has 0 saturated carbocycles. The van der Waals surface area contributed by atoms with Crippen LogP contribution in [0.5, 0.6) is 0 Å². The van der Waals surface area contributed by atoms with Crippen LogP contribution in [0.4, 0.5) is 11.4 Å². The van der Waals surface area contributed by atoms with Crippen LogP contribution in [-0.2, 0) is 11.2 Å². The minimum absolute atomic E-state index is 0.194. The van der Waals surface area contributed by atoms with Crippen LogP contribution in [0.2, 0.25) is 0 Å². The molecule has 0 saturated heterocycles. The standard InChI is InChI=1S/C17H18N2OS/c18-14-8-5-13(6-9-14)7-10-17(20)19-11-12-21-16-4-2-1-3-15(16)19/h1-6,8-9H,7,10-12,18H2. The number of carbonyl (C=O) groups excluding carboxylic acids is 1. The first-order valence-electron chi connectivity index (χ1n) is 7.10. The molecule has 0 atom stereocenters. The van der Waals surface area contributed by atoms with E-state index in [0.717, 1.165) is 35.7 Å². The van der Waals surface area contributed by atoms with Crippen molar-refractivity contribution >= 4 is 29.0 Å². The summed E-state index contributed by atoms with van der Waals surface area (Å²) in [5.74, 6) is 1.16. The summed E-state index contributed by atoms with van der Waals surface area (Å²) < 4.78 is 0. The van der Waals surface area contributed by atoms with Crippen LogP contribution in [0.25, 0.3) is 0 Å². The first-order chi connectivity index (χ1) is 10.2. The number of aryl methyl sites for hydroxylation is 1. The molecule has 0 aliphatic carbocycles. The summed E-state index contributed by atoms with van der Waals surface area (Å²) in [6, 6.07) is 15.9. The van der Waals surface area contributed by atoms with Crippen molar-refractivity contribution in [2.45, 2.75) is 17.7 Å². The monoisotopic (exact) mass is 298 g/mol. The molecule has 0 unspecified atom stereocenters. The SMILES string of the molecule is Nc1ccc(CCC(=O)N2CCSc3ccccc32)cc1. The van der Waals surface area contributed by atoms with Crippen molar-refractivity contribution in [3.05, 3.63) is 54.1 Å². The number of hydrogen-bond donors (Lipinski definition) is 1. The van der Waals surface area contributed by atoms with Crippen molar-refractivity contribution in [2.75, 3.05) is 22.9 Å². The van der Waals surface area contributed by atoms with E-state index in [2.05, 4.69) is 6.07 Å². The first kappa shape index (κ1) is 14.0. The summed E-state index contributed by atoms with van der Waals surface area (Å²) in [6.45, 7) is 0.794. The molecule has 4 heteroatoms. The minimum Gasteiger partial charge on any atom is -0.399 e. The van der Waals surface area contributed by atoms with E-state index in [0.29, 0.717) is 6.42 Å². The molecule has 1 aliphatic rings. The molecule has 3 rings (SSSR count). The van der Waals surface area contributed by atoms with Crippen molar-refractivity contribution in [3.8, 4) is 0 Å². The second-order valence-electron chi connectivity index (χ2n) is 5.10. The maximum Gasteiger partial charge on any atom is 0.227 e. The lowest BCUT2D eigenvalue weighted by Gasteiger charge is -2.29. The van der Waals surface area contributed by atoms with Gasteiger partial charge >= 0.3 is 0 Å². The van der Waals surface area contributed by atoms with Gasteiger partial charge in [0.25, 0.3) is 0 Å². The topological polar surface area (TPSA) is 46.3 Å². The summed E-state index contributed by atoms with van der Waals surface area (Å²) in [7, 11) is 0. The number of fused-ring (bicyclic) bond motifs is 1. The average Bonchev–Trinajstić information content (AvgIpc) is 2.53. The van der Waals surface area contributed by atoms with Gasteiger partial charge in [0.1, 0.15) is 0 Å². The molecule has 2 aromatic carbocycles. The maximum atomic E-state index is 12.5. The Morgan fingerprint density at radius 1 is 1.14 bits per heavy atom. The van der Waals surface area contributed by atoms with E-state index < -0.39 is 0 Å². The molecule has 2 aromatic rings. The van der Waals surface area contributed by atoms with Crippen LogP contribution >= 0.6 is 11.8 Å². The minimum atomic E-state index is 0.194. The number of hydrogen-bond acceptors (Lipinski definition) is 3. The molecule has 0 aromatic heterocycles. The van der Waals surface area contributed by atoms with Gasteiger partial charge in [0.15, 0.2) is 0 Å². The Labute approximate surface area is 129 Å². The van der Waals surface area contributed by atoms with E-state index in [-0.39, 0.29) is 5.91 Å². The third kappa shape index (κ3) is 3.22. The molecule has 2 N–H and O–H groups in total. The molecule has 108 valence electrons. The number of para-hydroxylation sites is 1. The predicted octanol–water partition coefficient (Wildman–Crippen LogP) is 3.34. The second kappa shape index (κ2) is 6.22. The molecule has 0 spiro atoms. The largest absolute Gasteiger partial charge is 0.399 e.